The van der Waals surface area contributed by atoms with Gasteiger partial charge in [-0.3, -0.25) is 9.59 Å². The third-order valence-corrected chi connectivity index (χ3v) is 2.06. The Morgan fingerprint density at radius 3 is 2.78 bits per heavy atom. The summed E-state index contributed by atoms with van der Waals surface area (Å²) in [6.07, 6.45) is 0. The molecule has 0 fully saturated rings. The van der Waals surface area contributed by atoms with Crippen LogP contribution in [0.4, 0.5) is 0 Å². The molecule has 98 valence electrons. The summed E-state index contributed by atoms with van der Waals surface area (Å²) < 4.78 is 41.6. The fourth-order valence-electron chi connectivity index (χ4n) is 1.25. The first-order valence-electron chi connectivity index (χ1n) is 7.75. The molecule has 2 amide bonds. The van der Waals surface area contributed by atoms with Gasteiger partial charge in [0.25, 0.3) is 0 Å². The van der Waals surface area contributed by atoms with Crippen LogP contribution in [0, 0.1) is 0 Å². The fourth-order valence-corrected chi connectivity index (χ4v) is 1.25. The summed E-state index contributed by atoms with van der Waals surface area (Å²) >= 11 is 0. The maximum absolute atomic E-state index is 12.2. The number of carbonyl (C=O) groups excluding carboxylic acids is 2. The number of amides is 2. The molecule has 0 aliphatic heterocycles. The zero-order valence-corrected chi connectivity index (χ0v) is 9.90. The average Bonchev–Trinajstić information content (AvgIpc) is 2.46. The van der Waals surface area contributed by atoms with Crippen molar-refractivity contribution in [2.75, 3.05) is 13.7 Å². The lowest BCUT2D eigenvalue weighted by Gasteiger charge is -2.16. The summed E-state index contributed by atoms with van der Waals surface area (Å²) in [4.78, 5) is 23.6. The first kappa shape index (κ1) is 8.26. The molecule has 1 rings (SSSR count). The molecule has 1 atom stereocenters. The van der Waals surface area contributed by atoms with E-state index in [-0.39, 0.29) is 12.2 Å². The van der Waals surface area contributed by atoms with Gasteiger partial charge in [-0.2, -0.15) is 0 Å². The van der Waals surface area contributed by atoms with Crippen molar-refractivity contribution in [1.29, 1.82) is 0 Å². The minimum Gasteiger partial charge on any atom is -0.382 e. The number of benzene rings is 1. The van der Waals surface area contributed by atoms with Crippen molar-refractivity contribution in [3.63, 3.8) is 0 Å². The standard InChI is InChI=1S/C13H18N2O3/c1-10(16)15-12(9-18-2)13(17)14-8-11-6-4-3-5-7-11/h3-7,12H,8-9H2,1-2H3,(H,14,17)(H,15,16)/i1D3,8D2. The predicted molar refractivity (Wildman–Crippen MR) is 67.8 cm³/mol. The third kappa shape index (κ3) is 4.97. The van der Waals surface area contributed by atoms with Gasteiger partial charge in [0.05, 0.1) is 9.35 Å². The lowest BCUT2D eigenvalue weighted by atomic mass is 10.2. The van der Waals surface area contributed by atoms with Crippen LogP contribution in [0.3, 0.4) is 0 Å². The molecule has 0 aliphatic carbocycles. The highest BCUT2D eigenvalue weighted by Gasteiger charge is 2.18. The molecule has 0 saturated heterocycles. The van der Waals surface area contributed by atoms with Crippen molar-refractivity contribution >= 4 is 11.8 Å². The molecule has 0 bridgehead atoms. The van der Waals surface area contributed by atoms with Gasteiger partial charge < -0.3 is 15.4 Å². The minimum absolute atomic E-state index is 0.215. The number of ether oxygens (including phenoxy) is 1. The Morgan fingerprint density at radius 1 is 1.44 bits per heavy atom. The molecule has 0 aliphatic rings. The normalized spacial score (nSPS) is 17.3. The van der Waals surface area contributed by atoms with E-state index in [1.807, 2.05) is 5.32 Å². The number of rotatable bonds is 6. The van der Waals surface area contributed by atoms with Gasteiger partial charge >= 0.3 is 0 Å². The molecule has 0 spiro atoms. The second kappa shape index (κ2) is 7.45. The van der Waals surface area contributed by atoms with E-state index in [0.29, 0.717) is 0 Å². The van der Waals surface area contributed by atoms with E-state index in [2.05, 4.69) is 5.32 Å². The van der Waals surface area contributed by atoms with Gasteiger partial charge in [-0.25, -0.2) is 0 Å². The molecule has 5 nitrogen and oxygen atoms in total. The van der Waals surface area contributed by atoms with Crippen molar-refractivity contribution in [3.05, 3.63) is 35.9 Å². The Labute approximate surface area is 114 Å². The van der Waals surface area contributed by atoms with Gasteiger partial charge in [0.2, 0.25) is 11.8 Å². The largest absolute Gasteiger partial charge is 0.382 e. The lowest BCUT2D eigenvalue weighted by molar-refractivity contribution is -0.129. The first-order chi connectivity index (χ1) is 10.6. The van der Waals surface area contributed by atoms with Crippen LogP contribution in [0.25, 0.3) is 0 Å². The Kier molecular flexibility index (Phi) is 3.42. The van der Waals surface area contributed by atoms with E-state index in [9.17, 15) is 9.59 Å². The number of hydrogen-bond acceptors (Lipinski definition) is 3. The summed E-state index contributed by atoms with van der Waals surface area (Å²) in [5.74, 6) is -2.20. The molecule has 1 unspecified atom stereocenters. The van der Waals surface area contributed by atoms with Gasteiger partial charge in [0, 0.05) is 24.6 Å². The molecule has 1 aromatic rings. The van der Waals surface area contributed by atoms with Gasteiger partial charge in [-0.15, -0.1) is 0 Å². The van der Waals surface area contributed by atoms with E-state index in [1.165, 1.54) is 19.2 Å². The Morgan fingerprint density at radius 2 is 2.17 bits per heavy atom. The van der Waals surface area contributed by atoms with Crippen LogP contribution in [0.5, 0.6) is 0 Å². The molecule has 0 radical (unpaired) electrons. The minimum atomic E-state index is -2.91. The zero-order chi connectivity index (χ0) is 17.7. The van der Waals surface area contributed by atoms with Crippen LogP contribution in [0.2, 0.25) is 0 Å². The van der Waals surface area contributed by atoms with E-state index >= 15 is 0 Å². The molecule has 18 heavy (non-hydrogen) atoms. The van der Waals surface area contributed by atoms with Gasteiger partial charge in [0.15, 0.2) is 0 Å². The third-order valence-electron chi connectivity index (χ3n) is 2.06. The molecule has 2 N–H and O–H groups in total. The number of carbonyl (C=O) groups is 2. The van der Waals surface area contributed by atoms with Crippen LogP contribution >= 0.6 is 0 Å². The molecule has 0 heterocycles. The zero-order valence-electron chi connectivity index (χ0n) is 14.9. The number of nitrogens with one attached hydrogen (secondary N) is 2. The lowest BCUT2D eigenvalue weighted by Crippen LogP contribution is -2.48. The van der Waals surface area contributed by atoms with Gasteiger partial charge in [0.1, 0.15) is 6.04 Å². The Balaban J connectivity index is 2.84. The first-order valence-corrected chi connectivity index (χ1v) is 5.25. The van der Waals surface area contributed by atoms with Crippen molar-refractivity contribution in [1.82, 2.24) is 10.6 Å². The summed E-state index contributed by atoms with van der Waals surface area (Å²) in [5, 5.41) is 4.16. The summed E-state index contributed by atoms with van der Waals surface area (Å²) in [6.45, 7) is -5.39. The highest BCUT2D eigenvalue weighted by molar-refractivity contribution is 5.86. The molecule has 1 aromatic carbocycles. The smallest absolute Gasteiger partial charge is 0.245 e. The van der Waals surface area contributed by atoms with E-state index < -0.39 is 31.2 Å². The maximum Gasteiger partial charge on any atom is 0.245 e. The van der Waals surface area contributed by atoms with Crippen LogP contribution in [-0.2, 0) is 20.8 Å². The van der Waals surface area contributed by atoms with Crippen molar-refractivity contribution < 1.29 is 21.2 Å². The average molecular weight is 255 g/mol. The van der Waals surface area contributed by atoms with Crippen LogP contribution in [0.1, 0.15) is 19.3 Å². The fraction of sp³-hybridized carbons (Fsp3) is 0.385. The molecule has 5 heteroatoms. The van der Waals surface area contributed by atoms with Crippen molar-refractivity contribution in [2.45, 2.75) is 19.4 Å². The van der Waals surface area contributed by atoms with Crippen molar-refractivity contribution in [2.24, 2.45) is 0 Å². The summed E-state index contributed by atoms with van der Waals surface area (Å²) in [7, 11) is 1.27. The molecule has 0 saturated carbocycles. The van der Waals surface area contributed by atoms with E-state index in [4.69, 9.17) is 11.6 Å². The predicted octanol–water partition coefficient (Wildman–Crippen LogP) is 0.454. The Hall–Kier alpha value is -1.88. The highest BCUT2D eigenvalue weighted by Crippen LogP contribution is 1.97. The van der Waals surface area contributed by atoms with Crippen LogP contribution < -0.4 is 10.6 Å². The summed E-state index contributed by atoms with van der Waals surface area (Å²) in [6, 6.07) is 6.59. The summed E-state index contributed by atoms with van der Waals surface area (Å²) in [5.41, 5.74) is 0.215. The molecular weight excluding hydrogens is 232 g/mol. The SMILES string of the molecule is [2H]C([2H])([2H])C(=O)NC(COC)C(=O)NC([2H])([2H])c1ccccc1. The van der Waals surface area contributed by atoms with Crippen molar-refractivity contribution in [3.8, 4) is 0 Å². The second-order valence-electron chi connectivity index (χ2n) is 3.46. The number of hydrogen-bond donors (Lipinski definition) is 2. The van der Waals surface area contributed by atoms with Gasteiger partial charge in [-0.05, 0) is 5.56 Å². The number of methoxy groups -OCH3 is 1. The Bertz CT molecular complexity index is 548. The maximum atomic E-state index is 12.2. The van der Waals surface area contributed by atoms with E-state index in [0.717, 1.165) is 0 Å². The van der Waals surface area contributed by atoms with E-state index in [1.54, 1.807) is 18.2 Å². The molecule has 0 aromatic heterocycles. The monoisotopic (exact) mass is 255 g/mol. The highest BCUT2D eigenvalue weighted by atomic mass is 16.5. The van der Waals surface area contributed by atoms with Crippen LogP contribution in [0.15, 0.2) is 30.3 Å². The molecular formula is C13H18N2O3. The van der Waals surface area contributed by atoms with Gasteiger partial charge in [-0.1, -0.05) is 30.3 Å². The quantitative estimate of drug-likeness (QED) is 0.775. The topological polar surface area (TPSA) is 67.4 Å². The second-order valence-corrected chi connectivity index (χ2v) is 3.46. The van der Waals surface area contributed by atoms with Crippen LogP contribution in [-0.4, -0.2) is 31.6 Å².